The van der Waals surface area contributed by atoms with Crippen molar-refractivity contribution in [2.24, 2.45) is 0 Å². The first-order chi connectivity index (χ1) is 8.06. The third-order valence-corrected chi connectivity index (χ3v) is 3.84. The van der Waals surface area contributed by atoms with Crippen molar-refractivity contribution < 1.29 is 0 Å². The molecule has 2 nitrogen and oxygen atoms in total. The van der Waals surface area contributed by atoms with Gasteiger partial charge >= 0.3 is 0 Å². The first-order valence-corrected chi connectivity index (χ1v) is 7.22. The Hall–Kier alpha value is -0.0400. The van der Waals surface area contributed by atoms with Crippen LogP contribution in [0.25, 0.3) is 0 Å². The van der Waals surface area contributed by atoms with Crippen LogP contribution in [0.4, 0.5) is 11.5 Å². The number of benzene rings is 1. The van der Waals surface area contributed by atoms with Gasteiger partial charge in [0.1, 0.15) is 5.82 Å². The smallest absolute Gasteiger partial charge is 0.149 e. The molecule has 17 heavy (non-hydrogen) atoms. The van der Waals surface area contributed by atoms with E-state index in [9.17, 15) is 0 Å². The van der Waals surface area contributed by atoms with Crippen LogP contribution in [-0.2, 0) is 0 Å². The van der Waals surface area contributed by atoms with Crippen LogP contribution in [0.1, 0.15) is 0 Å². The lowest BCUT2D eigenvalue weighted by molar-refractivity contribution is 1.29. The van der Waals surface area contributed by atoms with Gasteiger partial charge in [0.2, 0.25) is 0 Å². The molecule has 0 amide bonds. The summed E-state index contributed by atoms with van der Waals surface area (Å²) in [6.07, 6.45) is 1.69. The van der Waals surface area contributed by atoms with Crippen LogP contribution in [-0.4, -0.2) is 4.98 Å². The maximum absolute atomic E-state index is 6.08. The Morgan fingerprint density at radius 2 is 2.00 bits per heavy atom. The van der Waals surface area contributed by atoms with E-state index < -0.39 is 0 Å². The molecule has 1 N–H and O–H groups in total. The van der Waals surface area contributed by atoms with Gasteiger partial charge in [0.15, 0.2) is 0 Å². The maximum atomic E-state index is 6.08. The maximum Gasteiger partial charge on any atom is 0.149 e. The van der Waals surface area contributed by atoms with Gasteiger partial charge in [0.05, 0.1) is 10.7 Å². The van der Waals surface area contributed by atoms with E-state index in [1.165, 1.54) is 0 Å². The van der Waals surface area contributed by atoms with Crippen molar-refractivity contribution in [2.45, 2.75) is 0 Å². The fraction of sp³-hybridized carbons (Fsp3) is 0. The SMILES string of the molecule is Clc1ccc(Nc2ncc(Br)cc2Cl)c(I)c1. The first kappa shape index (κ1) is 13.4. The van der Waals surface area contributed by atoms with Gasteiger partial charge in [-0.15, -0.1) is 0 Å². The van der Waals surface area contributed by atoms with Gasteiger partial charge in [-0.1, -0.05) is 23.2 Å². The molecule has 6 heteroatoms. The molecule has 0 unspecified atom stereocenters. The van der Waals surface area contributed by atoms with Crippen LogP contribution >= 0.6 is 61.7 Å². The minimum absolute atomic E-state index is 0.560. The summed E-state index contributed by atoms with van der Waals surface area (Å²) in [5.41, 5.74) is 0.923. The number of halogens is 4. The number of hydrogen-bond acceptors (Lipinski definition) is 2. The molecule has 0 aliphatic rings. The molecule has 0 saturated carbocycles. The summed E-state index contributed by atoms with van der Waals surface area (Å²) < 4.78 is 1.86. The quantitative estimate of drug-likeness (QED) is 0.620. The highest BCUT2D eigenvalue weighted by atomic mass is 127. The van der Waals surface area contributed by atoms with Gasteiger partial charge < -0.3 is 5.32 Å². The lowest BCUT2D eigenvalue weighted by Gasteiger charge is -2.09. The molecule has 0 radical (unpaired) electrons. The Kier molecular flexibility index (Phi) is 4.52. The molecule has 1 aromatic carbocycles. The third-order valence-electron chi connectivity index (χ3n) is 1.99. The van der Waals surface area contributed by atoms with Crippen molar-refractivity contribution in [2.75, 3.05) is 5.32 Å². The van der Waals surface area contributed by atoms with Crippen LogP contribution in [0.3, 0.4) is 0 Å². The van der Waals surface area contributed by atoms with E-state index in [4.69, 9.17) is 23.2 Å². The van der Waals surface area contributed by atoms with Crippen molar-refractivity contribution in [3.8, 4) is 0 Å². The fourth-order valence-corrected chi connectivity index (χ4v) is 2.91. The summed E-state index contributed by atoms with van der Waals surface area (Å²) in [5.74, 6) is 0.620. The fourth-order valence-electron chi connectivity index (χ4n) is 1.22. The van der Waals surface area contributed by atoms with E-state index >= 15 is 0 Å². The number of hydrogen-bond donors (Lipinski definition) is 1. The molecule has 0 aliphatic carbocycles. The molecule has 1 heterocycles. The van der Waals surface area contributed by atoms with Crippen molar-refractivity contribution in [1.29, 1.82) is 0 Å². The molecule has 0 atom stereocenters. The van der Waals surface area contributed by atoms with E-state index in [1.807, 2.05) is 18.2 Å². The third kappa shape index (κ3) is 3.47. The van der Waals surface area contributed by atoms with E-state index in [1.54, 1.807) is 12.3 Å². The van der Waals surface area contributed by atoms with Gasteiger partial charge in [0.25, 0.3) is 0 Å². The molecule has 2 aromatic rings. The molecule has 0 saturated heterocycles. The lowest BCUT2D eigenvalue weighted by atomic mass is 10.3. The Balaban J connectivity index is 2.31. The normalized spacial score (nSPS) is 10.4. The van der Waals surface area contributed by atoms with Crippen LogP contribution in [0.2, 0.25) is 10.0 Å². The number of rotatable bonds is 2. The number of anilines is 2. The standard InChI is InChI=1S/C11H6BrCl2IN2/c12-6-3-8(14)11(16-5-6)17-10-2-1-7(13)4-9(10)15/h1-5H,(H,16,17). The minimum Gasteiger partial charge on any atom is -0.338 e. The zero-order valence-electron chi connectivity index (χ0n) is 8.35. The van der Waals surface area contributed by atoms with Crippen LogP contribution in [0, 0.1) is 3.57 Å². The second-order valence-electron chi connectivity index (χ2n) is 3.23. The van der Waals surface area contributed by atoms with Gasteiger partial charge in [-0.25, -0.2) is 4.98 Å². The molecule has 0 fully saturated rings. The molecule has 0 spiro atoms. The number of nitrogens with one attached hydrogen (secondary N) is 1. The van der Waals surface area contributed by atoms with Crippen molar-refractivity contribution in [3.05, 3.63) is 48.6 Å². The first-order valence-electron chi connectivity index (χ1n) is 4.59. The predicted octanol–water partition coefficient (Wildman–Crippen LogP) is 5.50. The van der Waals surface area contributed by atoms with E-state index in [0.29, 0.717) is 15.9 Å². The molecule has 0 aliphatic heterocycles. The zero-order chi connectivity index (χ0) is 12.4. The molecule has 88 valence electrons. The molecule has 1 aromatic heterocycles. The van der Waals surface area contributed by atoms with E-state index in [-0.39, 0.29) is 0 Å². The summed E-state index contributed by atoms with van der Waals surface area (Å²) in [5, 5.41) is 4.43. The van der Waals surface area contributed by atoms with Crippen LogP contribution in [0.15, 0.2) is 34.9 Å². The highest BCUT2D eigenvalue weighted by Crippen LogP contribution is 2.29. The van der Waals surface area contributed by atoms with Gasteiger partial charge in [-0.05, 0) is 62.8 Å². The van der Waals surface area contributed by atoms with Crippen molar-refractivity contribution in [3.63, 3.8) is 0 Å². The Bertz CT molecular complexity index is 514. The van der Waals surface area contributed by atoms with Crippen molar-refractivity contribution >= 4 is 73.2 Å². The number of nitrogens with zero attached hydrogens (tertiary/aromatic N) is 1. The molecule has 2 rings (SSSR count). The summed E-state index contributed by atoms with van der Waals surface area (Å²) in [7, 11) is 0. The van der Waals surface area contributed by atoms with Crippen molar-refractivity contribution in [1.82, 2.24) is 4.98 Å². The molecular formula is C11H6BrCl2IN2. The Labute approximate surface area is 131 Å². The Morgan fingerprint density at radius 1 is 1.24 bits per heavy atom. The van der Waals surface area contributed by atoms with Gasteiger partial charge in [-0.2, -0.15) is 0 Å². The highest BCUT2D eigenvalue weighted by molar-refractivity contribution is 14.1. The summed E-state index contributed by atoms with van der Waals surface area (Å²) in [4.78, 5) is 4.21. The van der Waals surface area contributed by atoms with E-state index in [2.05, 4.69) is 48.8 Å². The monoisotopic (exact) mass is 442 g/mol. The highest BCUT2D eigenvalue weighted by Gasteiger charge is 2.06. The second-order valence-corrected chi connectivity index (χ2v) is 6.15. The van der Waals surface area contributed by atoms with Crippen LogP contribution in [0.5, 0.6) is 0 Å². The lowest BCUT2D eigenvalue weighted by Crippen LogP contribution is -1.96. The number of aromatic nitrogens is 1. The topological polar surface area (TPSA) is 24.9 Å². The Morgan fingerprint density at radius 3 is 2.65 bits per heavy atom. The number of pyridine rings is 1. The molecule has 0 bridgehead atoms. The van der Waals surface area contributed by atoms with Gasteiger partial charge in [0, 0.05) is 19.3 Å². The largest absolute Gasteiger partial charge is 0.338 e. The summed E-state index contributed by atoms with van der Waals surface area (Å²) >= 11 is 17.5. The predicted molar refractivity (Wildman–Crippen MR) is 84.4 cm³/mol. The van der Waals surface area contributed by atoms with Crippen LogP contribution < -0.4 is 5.32 Å². The van der Waals surface area contributed by atoms with E-state index in [0.717, 1.165) is 13.7 Å². The molecular weight excluding hydrogens is 438 g/mol. The second kappa shape index (κ2) is 5.73. The van der Waals surface area contributed by atoms with Gasteiger partial charge in [-0.3, -0.25) is 0 Å². The average molecular weight is 444 g/mol. The minimum atomic E-state index is 0.560. The summed E-state index contributed by atoms with van der Waals surface area (Å²) in [6.45, 7) is 0. The average Bonchev–Trinajstić information content (AvgIpc) is 2.25. The zero-order valence-corrected chi connectivity index (χ0v) is 13.6. The summed E-state index contributed by atoms with van der Waals surface area (Å²) in [6, 6.07) is 7.37.